The topological polar surface area (TPSA) is 57.9 Å². The molecular formula is C22H18O5S. The Hall–Kier alpha value is -3.25. The van der Waals surface area contributed by atoms with Gasteiger partial charge in [0.25, 0.3) is 0 Å². The van der Waals surface area contributed by atoms with Crippen molar-refractivity contribution in [1.29, 1.82) is 0 Å². The number of rotatable bonds is 5. The Kier molecular flexibility index (Phi) is 4.79. The summed E-state index contributed by atoms with van der Waals surface area (Å²) in [5, 5.41) is 4.42. The number of thiophene rings is 1. The maximum atomic E-state index is 12.7. The first-order valence-corrected chi connectivity index (χ1v) is 9.49. The second-order valence-electron chi connectivity index (χ2n) is 6.11. The second-order valence-corrected chi connectivity index (χ2v) is 6.89. The maximum absolute atomic E-state index is 12.7. The van der Waals surface area contributed by atoms with Crippen molar-refractivity contribution in [2.45, 2.75) is 0 Å². The van der Waals surface area contributed by atoms with Gasteiger partial charge >= 0.3 is 0 Å². The van der Waals surface area contributed by atoms with E-state index in [0.717, 1.165) is 16.7 Å². The Morgan fingerprint density at radius 2 is 1.57 bits per heavy atom. The number of fused-ring (bicyclic) bond motifs is 1. The van der Waals surface area contributed by atoms with Gasteiger partial charge in [0.2, 0.25) is 5.75 Å². The Labute approximate surface area is 165 Å². The van der Waals surface area contributed by atoms with Crippen LogP contribution >= 0.6 is 11.3 Å². The molecule has 0 saturated carbocycles. The number of ether oxygens (including phenoxy) is 3. The first-order chi connectivity index (χ1) is 13.6. The molecule has 0 atom stereocenters. The normalized spacial score (nSPS) is 10.8. The van der Waals surface area contributed by atoms with E-state index in [1.807, 2.05) is 47.2 Å². The molecule has 0 saturated heterocycles. The summed E-state index contributed by atoms with van der Waals surface area (Å²) < 4.78 is 22.2. The minimum atomic E-state index is -0.0864. The van der Waals surface area contributed by atoms with Crippen LogP contribution in [-0.2, 0) is 0 Å². The van der Waals surface area contributed by atoms with Crippen molar-refractivity contribution < 1.29 is 18.6 Å². The first-order valence-electron chi connectivity index (χ1n) is 8.55. The molecule has 6 heteroatoms. The van der Waals surface area contributed by atoms with Crippen LogP contribution in [0.4, 0.5) is 0 Å². The van der Waals surface area contributed by atoms with Crippen molar-refractivity contribution in [1.82, 2.24) is 0 Å². The van der Waals surface area contributed by atoms with Gasteiger partial charge in [0.05, 0.1) is 26.7 Å². The lowest BCUT2D eigenvalue weighted by molar-refractivity contribution is 0.324. The van der Waals surface area contributed by atoms with Gasteiger partial charge in [0.15, 0.2) is 16.9 Å². The zero-order chi connectivity index (χ0) is 19.7. The number of benzene rings is 2. The van der Waals surface area contributed by atoms with Gasteiger partial charge in [-0.05, 0) is 46.8 Å². The molecule has 0 aliphatic heterocycles. The van der Waals surface area contributed by atoms with E-state index in [4.69, 9.17) is 18.6 Å². The molecule has 5 nitrogen and oxygen atoms in total. The Morgan fingerprint density at radius 3 is 2.18 bits per heavy atom. The molecule has 0 amide bonds. The quantitative estimate of drug-likeness (QED) is 0.465. The molecule has 2 aromatic heterocycles. The minimum Gasteiger partial charge on any atom is -0.493 e. The van der Waals surface area contributed by atoms with Gasteiger partial charge in [-0.1, -0.05) is 6.07 Å². The van der Waals surface area contributed by atoms with E-state index in [2.05, 4.69) is 0 Å². The molecular weight excluding hydrogens is 376 g/mol. The Balaban J connectivity index is 1.86. The van der Waals surface area contributed by atoms with E-state index in [1.165, 1.54) is 6.07 Å². The van der Waals surface area contributed by atoms with Crippen molar-refractivity contribution in [3.63, 3.8) is 0 Å². The fourth-order valence-electron chi connectivity index (χ4n) is 3.13. The highest BCUT2D eigenvalue weighted by Gasteiger charge is 2.15. The van der Waals surface area contributed by atoms with Crippen LogP contribution in [0.3, 0.4) is 0 Å². The predicted molar refractivity (Wildman–Crippen MR) is 111 cm³/mol. The van der Waals surface area contributed by atoms with Crippen LogP contribution in [0.15, 0.2) is 62.4 Å². The van der Waals surface area contributed by atoms with Gasteiger partial charge < -0.3 is 18.6 Å². The molecule has 0 radical (unpaired) electrons. The van der Waals surface area contributed by atoms with Crippen molar-refractivity contribution in [3.05, 3.63) is 63.4 Å². The monoisotopic (exact) mass is 394 g/mol. The molecule has 0 aliphatic rings. The lowest BCUT2D eigenvalue weighted by atomic mass is 10.0. The van der Waals surface area contributed by atoms with E-state index in [0.29, 0.717) is 34.0 Å². The largest absolute Gasteiger partial charge is 0.493 e. The molecule has 0 unspecified atom stereocenters. The first kappa shape index (κ1) is 18.1. The van der Waals surface area contributed by atoms with Crippen LogP contribution in [0, 0.1) is 0 Å². The smallest absolute Gasteiger partial charge is 0.203 e. The minimum absolute atomic E-state index is 0.0864. The third kappa shape index (κ3) is 3.12. The standard InChI is InChI=1S/C22H18O5S/c1-24-20-9-15(10-21(25-2)22(20)26-3)13-4-5-18-16(8-13)17(23)11-19(27-18)14-6-7-28-12-14/h4-12H,1-3H3. The fraction of sp³-hybridized carbons (Fsp3) is 0.136. The molecule has 28 heavy (non-hydrogen) atoms. The summed E-state index contributed by atoms with van der Waals surface area (Å²) in [6.07, 6.45) is 0. The molecule has 0 aliphatic carbocycles. The molecule has 4 aromatic rings. The summed E-state index contributed by atoms with van der Waals surface area (Å²) in [5.74, 6) is 2.20. The lowest BCUT2D eigenvalue weighted by Gasteiger charge is -2.14. The molecule has 2 aromatic carbocycles. The lowest BCUT2D eigenvalue weighted by Crippen LogP contribution is -2.00. The predicted octanol–water partition coefficient (Wildman–Crippen LogP) is 5.21. The second kappa shape index (κ2) is 7.40. The van der Waals surface area contributed by atoms with Gasteiger partial charge in [-0.2, -0.15) is 11.3 Å². The highest BCUT2D eigenvalue weighted by molar-refractivity contribution is 7.08. The Morgan fingerprint density at radius 1 is 0.821 bits per heavy atom. The number of hydrogen-bond acceptors (Lipinski definition) is 6. The summed E-state index contributed by atoms with van der Waals surface area (Å²) in [5.41, 5.74) is 3.05. The summed E-state index contributed by atoms with van der Waals surface area (Å²) >= 11 is 1.56. The SMILES string of the molecule is COc1cc(-c2ccc3oc(-c4ccsc4)cc(=O)c3c2)cc(OC)c1OC. The maximum Gasteiger partial charge on any atom is 0.203 e. The van der Waals surface area contributed by atoms with E-state index >= 15 is 0 Å². The van der Waals surface area contributed by atoms with E-state index in [1.54, 1.807) is 32.7 Å². The van der Waals surface area contributed by atoms with E-state index < -0.39 is 0 Å². The van der Waals surface area contributed by atoms with Crippen molar-refractivity contribution in [2.75, 3.05) is 21.3 Å². The van der Waals surface area contributed by atoms with Gasteiger partial charge in [0, 0.05) is 17.0 Å². The van der Waals surface area contributed by atoms with Gasteiger partial charge in [-0.25, -0.2) is 0 Å². The zero-order valence-electron chi connectivity index (χ0n) is 15.6. The van der Waals surface area contributed by atoms with Gasteiger partial charge in [0.1, 0.15) is 11.3 Å². The molecule has 0 bridgehead atoms. The third-order valence-electron chi connectivity index (χ3n) is 4.53. The molecule has 0 fully saturated rings. The van der Waals surface area contributed by atoms with Crippen LogP contribution < -0.4 is 19.6 Å². The van der Waals surface area contributed by atoms with Crippen LogP contribution in [0.1, 0.15) is 0 Å². The number of hydrogen-bond donors (Lipinski definition) is 0. The fourth-order valence-corrected chi connectivity index (χ4v) is 3.78. The molecule has 0 N–H and O–H groups in total. The van der Waals surface area contributed by atoms with Crippen molar-refractivity contribution >= 4 is 22.3 Å². The number of methoxy groups -OCH3 is 3. The van der Waals surface area contributed by atoms with E-state index in [9.17, 15) is 4.79 Å². The highest BCUT2D eigenvalue weighted by Crippen LogP contribution is 2.41. The van der Waals surface area contributed by atoms with Crippen LogP contribution in [-0.4, -0.2) is 21.3 Å². The van der Waals surface area contributed by atoms with Gasteiger partial charge in [-0.3, -0.25) is 4.79 Å². The Bertz CT molecular complexity index is 1170. The zero-order valence-corrected chi connectivity index (χ0v) is 16.5. The van der Waals surface area contributed by atoms with Gasteiger partial charge in [-0.15, -0.1) is 0 Å². The van der Waals surface area contributed by atoms with Crippen molar-refractivity contribution in [2.24, 2.45) is 0 Å². The highest BCUT2D eigenvalue weighted by atomic mass is 32.1. The van der Waals surface area contributed by atoms with Crippen LogP contribution in [0.25, 0.3) is 33.4 Å². The summed E-state index contributed by atoms with van der Waals surface area (Å²) in [6.45, 7) is 0. The van der Waals surface area contributed by atoms with Crippen molar-refractivity contribution in [3.8, 4) is 39.7 Å². The van der Waals surface area contributed by atoms with Crippen LogP contribution in [0.2, 0.25) is 0 Å². The van der Waals surface area contributed by atoms with E-state index in [-0.39, 0.29) is 5.43 Å². The summed E-state index contributed by atoms with van der Waals surface area (Å²) in [4.78, 5) is 12.7. The summed E-state index contributed by atoms with van der Waals surface area (Å²) in [7, 11) is 4.70. The average Bonchev–Trinajstić information content (AvgIpc) is 3.27. The molecule has 4 rings (SSSR count). The summed E-state index contributed by atoms with van der Waals surface area (Å²) in [6, 6.07) is 12.7. The molecule has 0 spiro atoms. The third-order valence-corrected chi connectivity index (χ3v) is 5.21. The molecule has 142 valence electrons. The average molecular weight is 394 g/mol. The molecule has 2 heterocycles. The van der Waals surface area contributed by atoms with Crippen LogP contribution in [0.5, 0.6) is 17.2 Å².